The van der Waals surface area contributed by atoms with Crippen molar-refractivity contribution in [1.82, 2.24) is 9.88 Å². The van der Waals surface area contributed by atoms with E-state index in [9.17, 15) is 4.79 Å². The van der Waals surface area contributed by atoms with Gasteiger partial charge in [0.2, 0.25) is 5.91 Å². The molecule has 2 atom stereocenters. The van der Waals surface area contributed by atoms with E-state index >= 15 is 0 Å². The first-order valence-corrected chi connectivity index (χ1v) is 9.61. The first-order valence-electron chi connectivity index (χ1n) is 8.66. The third-order valence-electron chi connectivity index (χ3n) is 5.00. The van der Waals surface area contributed by atoms with E-state index in [1.165, 1.54) is 5.56 Å². The second-order valence-electron chi connectivity index (χ2n) is 6.49. The number of carbonyl (C=O) groups is 1. The van der Waals surface area contributed by atoms with Crippen LogP contribution in [0.1, 0.15) is 31.4 Å². The fraction of sp³-hybridized carbons (Fsp3) is 0.300. The molecule has 4 rings (SSSR count). The third kappa shape index (κ3) is 3.17. The number of likely N-dealkylation sites (tertiary alicyclic amines) is 1. The molecule has 0 bridgehead atoms. The van der Waals surface area contributed by atoms with Crippen molar-refractivity contribution in [3.8, 4) is 0 Å². The zero-order valence-corrected chi connectivity index (χ0v) is 15.0. The number of carbonyl (C=O) groups excluding carboxylic acids is 1. The number of hydrogen-bond donors (Lipinski definition) is 1. The summed E-state index contributed by atoms with van der Waals surface area (Å²) >= 11 is 1.72. The molecule has 5 heteroatoms. The number of amides is 1. The van der Waals surface area contributed by atoms with E-state index in [0.717, 1.165) is 36.0 Å². The number of thiophene rings is 1. The number of rotatable bonds is 4. The summed E-state index contributed by atoms with van der Waals surface area (Å²) in [6.45, 7) is 2.97. The molecule has 4 nitrogen and oxygen atoms in total. The summed E-state index contributed by atoms with van der Waals surface area (Å²) in [5.74, 6) is 0.0403. The van der Waals surface area contributed by atoms with Crippen LogP contribution in [0.4, 0.5) is 5.69 Å². The van der Waals surface area contributed by atoms with Gasteiger partial charge >= 0.3 is 0 Å². The normalized spacial score (nSPS) is 19.2. The van der Waals surface area contributed by atoms with Crippen molar-refractivity contribution in [3.05, 3.63) is 58.9 Å². The molecule has 2 aromatic heterocycles. The van der Waals surface area contributed by atoms with Gasteiger partial charge in [-0.2, -0.15) is 11.3 Å². The summed E-state index contributed by atoms with van der Waals surface area (Å²) in [7, 11) is 0. The van der Waals surface area contributed by atoms with Gasteiger partial charge in [-0.15, -0.1) is 0 Å². The van der Waals surface area contributed by atoms with Crippen molar-refractivity contribution < 1.29 is 4.79 Å². The summed E-state index contributed by atoms with van der Waals surface area (Å²) in [6, 6.07) is 12.1. The maximum Gasteiger partial charge on any atom is 0.241 e. The Bertz CT molecular complexity index is 872. The molecule has 1 aliphatic heterocycles. The van der Waals surface area contributed by atoms with Crippen LogP contribution >= 0.6 is 11.3 Å². The zero-order valence-electron chi connectivity index (χ0n) is 14.2. The highest BCUT2D eigenvalue weighted by molar-refractivity contribution is 7.07. The fourth-order valence-electron chi connectivity index (χ4n) is 3.68. The Labute approximate surface area is 151 Å². The minimum absolute atomic E-state index is 0.0403. The molecule has 25 heavy (non-hydrogen) atoms. The van der Waals surface area contributed by atoms with E-state index in [1.807, 2.05) is 37.3 Å². The molecule has 0 spiro atoms. The molecule has 1 N–H and O–H groups in total. The van der Waals surface area contributed by atoms with Gasteiger partial charge in [-0.25, -0.2) is 0 Å². The predicted molar refractivity (Wildman–Crippen MR) is 103 cm³/mol. The molecular weight excluding hydrogens is 330 g/mol. The number of nitrogens with one attached hydrogen (secondary N) is 1. The van der Waals surface area contributed by atoms with Crippen molar-refractivity contribution in [1.29, 1.82) is 0 Å². The average Bonchev–Trinajstić information content (AvgIpc) is 3.32. The number of aromatic nitrogens is 1. The summed E-state index contributed by atoms with van der Waals surface area (Å²) in [6.07, 6.45) is 4.02. The lowest BCUT2D eigenvalue weighted by atomic mass is 10.1. The molecule has 0 aliphatic carbocycles. The largest absolute Gasteiger partial charge is 0.324 e. The molecule has 3 heterocycles. The summed E-state index contributed by atoms with van der Waals surface area (Å²) in [4.78, 5) is 19.6. The van der Waals surface area contributed by atoms with Gasteiger partial charge in [0.05, 0.1) is 17.2 Å². The van der Waals surface area contributed by atoms with Gasteiger partial charge in [0, 0.05) is 17.6 Å². The van der Waals surface area contributed by atoms with Crippen LogP contribution in [0.2, 0.25) is 0 Å². The molecule has 1 amide bonds. The molecule has 0 saturated carbocycles. The van der Waals surface area contributed by atoms with Crippen molar-refractivity contribution >= 4 is 33.8 Å². The molecular formula is C20H21N3OS. The van der Waals surface area contributed by atoms with Crippen molar-refractivity contribution in [2.24, 2.45) is 0 Å². The lowest BCUT2D eigenvalue weighted by Gasteiger charge is -2.29. The Morgan fingerprint density at radius 2 is 2.24 bits per heavy atom. The Kier molecular flexibility index (Phi) is 4.51. The van der Waals surface area contributed by atoms with Gasteiger partial charge in [-0.3, -0.25) is 14.7 Å². The van der Waals surface area contributed by atoms with E-state index in [0.29, 0.717) is 6.04 Å². The summed E-state index contributed by atoms with van der Waals surface area (Å²) in [5, 5.41) is 8.39. The number of pyridine rings is 1. The molecule has 1 aromatic carbocycles. The average molecular weight is 351 g/mol. The lowest BCUT2D eigenvalue weighted by Crippen LogP contribution is -2.41. The predicted octanol–water partition coefficient (Wildman–Crippen LogP) is 4.46. The van der Waals surface area contributed by atoms with E-state index in [2.05, 4.69) is 32.0 Å². The van der Waals surface area contributed by atoms with Crippen LogP contribution in [-0.2, 0) is 4.79 Å². The van der Waals surface area contributed by atoms with Gasteiger partial charge in [-0.1, -0.05) is 6.07 Å². The molecule has 1 aliphatic rings. The molecule has 3 aromatic rings. The van der Waals surface area contributed by atoms with Crippen LogP contribution in [0, 0.1) is 0 Å². The second-order valence-corrected chi connectivity index (χ2v) is 7.27. The highest BCUT2D eigenvalue weighted by Crippen LogP contribution is 2.35. The minimum atomic E-state index is -0.167. The molecule has 1 fully saturated rings. The highest BCUT2D eigenvalue weighted by Gasteiger charge is 2.33. The fourth-order valence-corrected chi connectivity index (χ4v) is 4.38. The number of hydrogen-bond acceptors (Lipinski definition) is 4. The van der Waals surface area contributed by atoms with E-state index in [1.54, 1.807) is 17.5 Å². The van der Waals surface area contributed by atoms with Crippen LogP contribution < -0.4 is 5.32 Å². The minimum Gasteiger partial charge on any atom is -0.324 e. The number of benzene rings is 1. The zero-order chi connectivity index (χ0) is 17.2. The Morgan fingerprint density at radius 3 is 3.08 bits per heavy atom. The van der Waals surface area contributed by atoms with Crippen molar-refractivity contribution in [2.45, 2.75) is 31.8 Å². The first-order chi connectivity index (χ1) is 12.2. The smallest absolute Gasteiger partial charge is 0.241 e. The van der Waals surface area contributed by atoms with Gasteiger partial charge in [0.25, 0.3) is 0 Å². The SMILES string of the molecule is C[C@H](C(=O)Nc1cccc2ncccc12)N1CCC[C@H]1c1ccsc1. The Morgan fingerprint density at radius 1 is 1.32 bits per heavy atom. The number of nitrogens with zero attached hydrogens (tertiary/aromatic N) is 2. The van der Waals surface area contributed by atoms with E-state index in [-0.39, 0.29) is 11.9 Å². The topological polar surface area (TPSA) is 45.2 Å². The van der Waals surface area contributed by atoms with Gasteiger partial charge < -0.3 is 5.32 Å². The second kappa shape index (κ2) is 6.94. The van der Waals surface area contributed by atoms with E-state index in [4.69, 9.17) is 0 Å². The van der Waals surface area contributed by atoms with Crippen LogP contribution in [0.5, 0.6) is 0 Å². The molecule has 1 saturated heterocycles. The number of fused-ring (bicyclic) bond motifs is 1. The Balaban J connectivity index is 1.54. The van der Waals surface area contributed by atoms with Gasteiger partial charge in [-0.05, 0) is 73.0 Å². The van der Waals surface area contributed by atoms with Crippen LogP contribution in [0.25, 0.3) is 10.9 Å². The highest BCUT2D eigenvalue weighted by atomic mass is 32.1. The molecule has 0 unspecified atom stereocenters. The van der Waals surface area contributed by atoms with Gasteiger partial charge in [0.15, 0.2) is 0 Å². The molecule has 128 valence electrons. The quantitative estimate of drug-likeness (QED) is 0.755. The van der Waals surface area contributed by atoms with Crippen molar-refractivity contribution in [2.75, 3.05) is 11.9 Å². The Hall–Kier alpha value is -2.24. The maximum atomic E-state index is 12.9. The number of anilines is 1. The van der Waals surface area contributed by atoms with Crippen LogP contribution in [-0.4, -0.2) is 28.4 Å². The summed E-state index contributed by atoms with van der Waals surface area (Å²) in [5.41, 5.74) is 3.05. The van der Waals surface area contributed by atoms with E-state index < -0.39 is 0 Å². The maximum absolute atomic E-state index is 12.9. The first kappa shape index (κ1) is 16.2. The lowest BCUT2D eigenvalue weighted by molar-refractivity contribution is -0.121. The third-order valence-corrected chi connectivity index (χ3v) is 5.70. The molecule has 0 radical (unpaired) electrons. The van der Waals surface area contributed by atoms with Crippen LogP contribution in [0.15, 0.2) is 53.4 Å². The van der Waals surface area contributed by atoms with Crippen molar-refractivity contribution in [3.63, 3.8) is 0 Å². The van der Waals surface area contributed by atoms with Gasteiger partial charge in [0.1, 0.15) is 0 Å². The van der Waals surface area contributed by atoms with Crippen LogP contribution in [0.3, 0.4) is 0 Å². The monoisotopic (exact) mass is 351 g/mol. The summed E-state index contributed by atoms with van der Waals surface area (Å²) < 4.78 is 0. The standard InChI is InChI=1S/C20H21N3OS/c1-14(23-11-4-8-19(23)15-9-12-25-13-15)20(24)22-18-7-2-6-17-16(18)5-3-10-21-17/h2-3,5-7,9-10,12-14,19H,4,8,11H2,1H3,(H,22,24)/t14-,19+/m1/s1.